The van der Waals surface area contributed by atoms with E-state index in [0.717, 1.165) is 17.0 Å². The van der Waals surface area contributed by atoms with Crippen LogP contribution in [0.5, 0.6) is 0 Å². The van der Waals surface area contributed by atoms with E-state index in [9.17, 15) is 0 Å². The summed E-state index contributed by atoms with van der Waals surface area (Å²) in [5.41, 5.74) is 12.0. The van der Waals surface area contributed by atoms with E-state index in [1.54, 1.807) is 0 Å². The van der Waals surface area contributed by atoms with Crippen molar-refractivity contribution in [2.75, 3.05) is 0 Å². The van der Waals surface area contributed by atoms with Gasteiger partial charge in [0.05, 0.1) is 0 Å². The van der Waals surface area contributed by atoms with Crippen LogP contribution in [-0.4, -0.2) is 0 Å². The van der Waals surface area contributed by atoms with Crippen molar-refractivity contribution in [1.82, 2.24) is 0 Å². The molecular formula is C17H20ClN. The summed E-state index contributed by atoms with van der Waals surface area (Å²) in [5, 5.41) is 0.822. The lowest BCUT2D eigenvalue weighted by Gasteiger charge is -2.13. The van der Waals surface area contributed by atoms with Crippen molar-refractivity contribution in [1.29, 1.82) is 0 Å². The van der Waals surface area contributed by atoms with Gasteiger partial charge >= 0.3 is 0 Å². The maximum absolute atomic E-state index is 6.16. The number of rotatable bonds is 3. The molecule has 0 aliphatic rings. The summed E-state index contributed by atoms with van der Waals surface area (Å²) in [6.07, 6.45) is 0.947. The lowest BCUT2D eigenvalue weighted by atomic mass is 9.95. The third-order valence-electron chi connectivity index (χ3n) is 3.57. The van der Waals surface area contributed by atoms with Gasteiger partial charge in [0.15, 0.2) is 0 Å². The Morgan fingerprint density at radius 1 is 1.11 bits per heavy atom. The zero-order valence-corrected chi connectivity index (χ0v) is 12.5. The number of benzene rings is 2. The van der Waals surface area contributed by atoms with E-state index in [-0.39, 0.29) is 6.04 Å². The molecule has 2 rings (SSSR count). The van der Waals surface area contributed by atoms with Crippen LogP contribution in [0.2, 0.25) is 5.02 Å². The van der Waals surface area contributed by atoms with Crippen molar-refractivity contribution >= 4 is 11.6 Å². The molecule has 0 saturated heterocycles. The summed E-state index contributed by atoms with van der Waals surface area (Å²) in [6, 6.07) is 12.8. The molecular weight excluding hydrogens is 254 g/mol. The number of aryl methyl sites for hydroxylation is 2. The number of hydrogen-bond acceptors (Lipinski definition) is 1. The van der Waals surface area contributed by atoms with E-state index in [1.165, 1.54) is 22.3 Å². The van der Waals surface area contributed by atoms with E-state index in [2.05, 4.69) is 44.2 Å². The first kappa shape index (κ1) is 14.1. The van der Waals surface area contributed by atoms with Crippen LogP contribution in [-0.2, 0) is 0 Å². The quantitative estimate of drug-likeness (QED) is 0.834. The summed E-state index contributed by atoms with van der Waals surface area (Å²) < 4.78 is 0. The molecule has 2 heteroatoms. The first-order valence-electron chi connectivity index (χ1n) is 6.65. The van der Waals surface area contributed by atoms with Crippen LogP contribution in [0.15, 0.2) is 36.4 Å². The summed E-state index contributed by atoms with van der Waals surface area (Å²) in [5.74, 6) is 0. The van der Waals surface area contributed by atoms with Gasteiger partial charge in [-0.05, 0) is 66.3 Å². The molecule has 0 fully saturated rings. The second-order valence-electron chi connectivity index (χ2n) is 5.06. The molecule has 1 atom stereocenters. The van der Waals surface area contributed by atoms with Gasteiger partial charge in [-0.25, -0.2) is 0 Å². The normalized spacial score (nSPS) is 12.5. The Kier molecular flexibility index (Phi) is 4.28. The van der Waals surface area contributed by atoms with Gasteiger partial charge in [0, 0.05) is 11.1 Å². The van der Waals surface area contributed by atoms with Crippen molar-refractivity contribution in [3.63, 3.8) is 0 Å². The van der Waals surface area contributed by atoms with Crippen LogP contribution in [0.3, 0.4) is 0 Å². The number of nitrogens with two attached hydrogens (primary N) is 1. The Morgan fingerprint density at radius 2 is 1.84 bits per heavy atom. The summed E-state index contributed by atoms with van der Waals surface area (Å²) >= 11 is 6.16. The predicted molar refractivity (Wildman–Crippen MR) is 83.6 cm³/mol. The van der Waals surface area contributed by atoms with Gasteiger partial charge in [-0.1, -0.05) is 36.7 Å². The molecule has 0 heterocycles. The second-order valence-corrected chi connectivity index (χ2v) is 5.46. The highest BCUT2D eigenvalue weighted by atomic mass is 35.5. The molecule has 2 aromatic rings. The average Bonchev–Trinajstić information content (AvgIpc) is 2.42. The third-order valence-corrected chi connectivity index (χ3v) is 3.98. The molecule has 0 radical (unpaired) electrons. The molecule has 2 N–H and O–H groups in total. The van der Waals surface area contributed by atoms with Gasteiger partial charge in [-0.3, -0.25) is 0 Å². The largest absolute Gasteiger partial charge is 0.324 e. The Bertz CT molecular complexity index is 590. The fourth-order valence-corrected chi connectivity index (χ4v) is 2.48. The monoisotopic (exact) mass is 273 g/mol. The average molecular weight is 274 g/mol. The van der Waals surface area contributed by atoms with Gasteiger partial charge < -0.3 is 5.73 Å². The second kappa shape index (κ2) is 5.77. The third kappa shape index (κ3) is 2.99. The van der Waals surface area contributed by atoms with Crippen molar-refractivity contribution in [2.45, 2.75) is 33.2 Å². The molecule has 0 aliphatic carbocycles. The van der Waals surface area contributed by atoms with Crippen LogP contribution >= 0.6 is 11.6 Å². The van der Waals surface area contributed by atoms with Gasteiger partial charge in [0.25, 0.3) is 0 Å². The van der Waals surface area contributed by atoms with E-state index < -0.39 is 0 Å². The fourth-order valence-electron chi connectivity index (χ4n) is 2.26. The van der Waals surface area contributed by atoms with Crippen LogP contribution in [0.25, 0.3) is 11.1 Å². The highest BCUT2D eigenvalue weighted by Crippen LogP contribution is 2.30. The zero-order valence-electron chi connectivity index (χ0n) is 11.7. The van der Waals surface area contributed by atoms with Gasteiger partial charge in [0.1, 0.15) is 0 Å². The van der Waals surface area contributed by atoms with Crippen LogP contribution in [0, 0.1) is 13.8 Å². The highest BCUT2D eigenvalue weighted by Gasteiger charge is 2.08. The lowest BCUT2D eigenvalue weighted by molar-refractivity contribution is 0.699. The molecule has 19 heavy (non-hydrogen) atoms. The van der Waals surface area contributed by atoms with Crippen LogP contribution in [0.4, 0.5) is 0 Å². The fraction of sp³-hybridized carbons (Fsp3) is 0.294. The van der Waals surface area contributed by atoms with Gasteiger partial charge in [-0.2, -0.15) is 0 Å². The minimum Gasteiger partial charge on any atom is -0.324 e. The number of halogens is 1. The maximum Gasteiger partial charge on any atom is 0.0438 e. The SMILES string of the molecule is CCC(N)c1cccc(-c2cc(C)c(Cl)cc2C)c1. The highest BCUT2D eigenvalue weighted by molar-refractivity contribution is 6.31. The van der Waals surface area contributed by atoms with Crippen LogP contribution in [0.1, 0.15) is 36.1 Å². The molecule has 0 amide bonds. The number of hydrogen-bond donors (Lipinski definition) is 1. The summed E-state index contributed by atoms with van der Waals surface area (Å²) in [7, 11) is 0. The van der Waals surface area contributed by atoms with Gasteiger partial charge in [0.2, 0.25) is 0 Å². The van der Waals surface area contributed by atoms with Crippen molar-refractivity contribution in [3.05, 3.63) is 58.1 Å². The topological polar surface area (TPSA) is 26.0 Å². The summed E-state index contributed by atoms with van der Waals surface area (Å²) in [4.78, 5) is 0. The molecule has 1 unspecified atom stereocenters. The first-order chi connectivity index (χ1) is 9.02. The van der Waals surface area contributed by atoms with Crippen molar-refractivity contribution < 1.29 is 0 Å². The molecule has 100 valence electrons. The Labute approximate surface area is 120 Å². The Hall–Kier alpha value is -1.31. The molecule has 0 saturated carbocycles. The van der Waals surface area contributed by atoms with Crippen LogP contribution < -0.4 is 5.73 Å². The van der Waals surface area contributed by atoms with E-state index in [0.29, 0.717) is 0 Å². The minimum atomic E-state index is 0.105. The maximum atomic E-state index is 6.16. The first-order valence-corrected chi connectivity index (χ1v) is 7.03. The van der Waals surface area contributed by atoms with Crippen molar-refractivity contribution in [3.8, 4) is 11.1 Å². The minimum absolute atomic E-state index is 0.105. The van der Waals surface area contributed by atoms with E-state index >= 15 is 0 Å². The standard InChI is InChI=1S/C17H20ClN/c1-4-17(19)14-7-5-6-13(10-14)15-8-12(3)16(18)9-11(15)2/h5-10,17H,4,19H2,1-3H3. The Morgan fingerprint density at radius 3 is 2.53 bits per heavy atom. The molecule has 0 aliphatic heterocycles. The van der Waals surface area contributed by atoms with E-state index in [1.807, 2.05) is 13.0 Å². The molecule has 2 aromatic carbocycles. The summed E-state index contributed by atoms with van der Waals surface area (Å²) in [6.45, 7) is 6.23. The molecule has 1 nitrogen and oxygen atoms in total. The molecule has 0 aromatic heterocycles. The molecule has 0 spiro atoms. The van der Waals surface area contributed by atoms with Crippen molar-refractivity contribution in [2.24, 2.45) is 5.73 Å². The van der Waals surface area contributed by atoms with E-state index in [4.69, 9.17) is 17.3 Å². The smallest absolute Gasteiger partial charge is 0.0438 e. The zero-order chi connectivity index (χ0) is 14.0. The van der Waals surface area contributed by atoms with Gasteiger partial charge in [-0.15, -0.1) is 0 Å². The lowest BCUT2D eigenvalue weighted by Crippen LogP contribution is -2.08. The Balaban J connectivity index is 2.50. The molecule has 0 bridgehead atoms. The predicted octanol–water partition coefficient (Wildman–Crippen LogP) is 5.03.